The number of rotatable bonds is 1. The Bertz CT molecular complexity index is 704. The molecule has 0 saturated carbocycles. The summed E-state index contributed by atoms with van der Waals surface area (Å²) in [6.45, 7) is 0. The third-order valence-corrected chi connectivity index (χ3v) is 3.14. The van der Waals surface area contributed by atoms with E-state index in [4.69, 9.17) is 0 Å². The number of hydrogen-bond donors (Lipinski definition) is 0. The molecule has 0 radical (unpaired) electrons. The molecule has 1 aliphatic rings. The number of benzene rings is 1. The molecule has 0 aliphatic carbocycles. The summed E-state index contributed by atoms with van der Waals surface area (Å²) in [7, 11) is 0. The average Bonchev–Trinajstić information content (AvgIpc) is 2.71. The third-order valence-electron chi connectivity index (χ3n) is 3.14. The summed E-state index contributed by atoms with van der Waals surface area (Å²) in [4.78, 5) is 28.9. The molecule has 21 heavy (non-hydrogen) atoms. The Balaban J connectivity index is 2.00. The van der Waals surface area contributed by atoms with Crippen LogP contribution in [0.3, 0.4) is 0 Å². The Morgan fingerprint density at radius 3 is 2.10 bits per heavy atom. The fraction of sp³-hybridized carbons (Fsp3) is 0.0714. The van der Waals surface area contributed by atoms with E-state index in [0.717, 1.165) is 29.2 Å². The first-order chi connectivity index (χ1) is 9.89. The molecular weight excluding hydrogens is 285 g/mol. The van der Waals surface area contributed by atoms with Crippen LogP contribution in [0.15, 0.2) is 42.7 Å². The number of hydrogen-bond acceptors (Lipinski definition) is 3. The number of halogens is 3. The van der Waals surface area contributed by atoms with E-state index in [-0.39, 0.29) is 16.8 Å². The molecule has 0 unspecified atom stereocenters. The quantitative estimate of drug-likeness (QED) is 0.759. The van der Waals surface area contributed by atoms with Gasteiger partial charge in [-0.25, -0.2) is 4.90 Å². The van der Waals surface area contributed by atoms with Gasteiger partial charge in [0.25, 0.3) is 11.8 Å². The number of aromatic nitrogens is 1. The molecule has 106 valence electrons. The summed E-state index contributed by atoms with van der Waals surface area (Å²) in [5.74, 6) is -1.17. The number of pyridine rings is 1. The van der Waals surface area contributed by atoms with Crippen molar-refractivity contribution in [2.45, 2.75) is 6.18 Å². The summed E-state index contributed by atoms with van der Waals surface area (Å²) in [6, 6.07) is 5.25. The largest absolute Gasteiger partial charge is 0.416 e. The molecule has 0 fully saturated rings. The van der Waals surface area contributed by atoms with Gasteiger partial charge in [0.15, 0.2) is 0 Å². The van der Waals surface area contributed by atoms with Crippen molar-refractivity contribution in [3.63, 3.8) is 0 Å². The first-order valence-electron chi connectivity index (χ1n) is 5.89. The van der Waals surface area contributed by atoms with E-state index in [2.05, 4.69) is 4.98 Å². The van der Waals surface area contributed by atoms with Gasteiger partial charge in [0.1, 0.15) is 0 Å². The zero-order valence-electron chi connectivity index (χ0n) is 10.4. The molecule has 1 aromatic heterocycles. The minimum Gasteiger partial charge on any atom is -0.268 e. The Labute approximate surface area is 116 Å². The van der Waals surface area contributed by atoms with Crippen LogP contribution in [0.5, 0.6) is 0 Å². The summed E-state index contributed by atoms with van der Waals surface area (Å²) in [5.41, 5.74) is -0.420. The van der Waals surface area contributed by atoms with Crippen molar-refractivity contribution in [1.82, 2.24) is 4.98 Å². The number of fused-ring (bicyclic) bond motifs is 1. The van der Waals surface area contributed by atoms with E-state index in [9.17, 15) is 22.8 Å². The van der Waals surface area contributed by atoms with Crippen molar-refractivity contribution in [3.05, 3.63) is 59.4 Å². The number of carbonyl (C=O) groups is 2. The van der Waals surface area contributed by atoms with Crippen LogP contribution in [0, 0.1) is 0 Å². The van der Waals surface area contributed by atoms with E-state index in [1.165, 1.54) is 18.5 Å². The predicted octanol–water partition coefficient (Wildman–Crippen LogP) is 2.90. The lowest BCUT2D eigenvalue weighted by Crippen LogP contribution is -2.29. The minimum absolute atomic E-state index is 0.0919. The number of nitrogens with zero attached hydrogens (tertiary/aromatic N) is 2. The van der Waals surface area contributed by atoms with Crippen molar-refractivity contribution in [1.29, 1.82) is 0 Å². The topological polar surface area (TPSA) is 50.3 Å². The highest BCUT2D eigenvalue weighted by molar-refractivity contribution is 6.34. The zero-order chi connectivity index (χ0) is 15.2. The Morgan fingerprint density at radius 2 is 1.52 bits per heavy atom. The van der Waals surface area contributed by atoms with E-state index in [1.807, 2.05) is 0 Å². The maximum Gasteiger partial charge on any atom is 0.416 e. The van der Waals surface area contributed by atoms with Crippen molar-refractivity contribution in [3.8, 4) is 0 Å². The molecule has 2 amide bonds. The standard InChI is InChI=1S/C14H7F3N2O2/c15-14(16,17)8-1-3-9(4-2-8)19-12(20)10-5-6-18-7-11(10)13(19)21/h1-7H. The molecule has 4 nitrogen and oxygen atoms in total. The highest BCUT2D eigenvalue weighted by Crippen LogP contribution is 2.32. The molecule has 2 aromatic rings. The van der Waals surface area contributed by atoms with Gasteiger partial charge in [-0.15, -0.1) is 0 Å². The molecule has 2 heterocycles. The average molecular weight is 292 g/mol. The van der Waals surface area contributed by atoms with Crippen LogP contribution in [0.2, 0.25) is 0 Å². The van der Waals surface area contributed by atoms with Crippen molar-refractivity contribution in [2.75, 3.05) is 4.90 Å². The normalized spacial score (nSPS) is 14.5. The van der Waals surface area contributed by atoms with E-state index >= 15 is 0 Å². The van der Waals surface area contributed by atoms with Crippen LogP contribution < -0.4 is 4.90 Å². The molecule has 1 aromatic carbocycles. The molecule has 1 aliphatic heterocycles. The van der Waals surface area contributed by atoms with Gasteiger partial charge >= 0.3 is 6.18 Å². The summed E-state index contributed by atoms with van der Waals surface area (Å²) in [5, 5.41) is 0. The molecule has 0 bridgehead atoms. The summed E-state index contributed by atoms with van der Waals surface area (Å²) < 4.78 is 37.5. The monoisotopic (exact) mass is 292 g/mol. The highest BCUT2D eigenvalue weighted by atomic mass is 19.4. The van der Waals surface area contributed by atoms with Gasteiger partial charge in [-0.05, 0) is 30.3 Å². The van der Waals surface area contributed by atoms with Gasteiger partial charge in [-0.2, -0.15) is 13.2 Å². The molecule has 0 saturated heterocycles. The lowest BCUT2D eigenvalue weighted by Gasteiger charge is -2.15. The Morgan fingerprint density at radius 1 is 0.905 bits per heavy atom. The van der Waals surface area contributed by atoms with Crippen LogP contribution in [0.25, 0.3) is 0 Å². The van der Waals surface area contributed by atoms with Crippen LogP contribution in [-0.2, 0) is 6.18 Å². The Hall–Kier alpha value is -2.70. The summed E-state index contributed by atoms with van der Waals surface area (Å²) >= 11 is 0. The number of alkyl halides is 3. The number of carbonyl (C=O) groups excluding carboxylic acids is 2. The number of anilines is 1. The van der Waals surface area contributed by atoms with Gasteiger partial charge in [0, 0.05) is 12.4 Å². The van der Waals surface area contributed by atoms with Crippen LogP contribution in [0.4, 0.5) is 18.9 Å². The smallest absolute Gasteiger partial charge is 0.268 e. The fourth-order valence-electron chi connectivity index (χ4n) is 2.12. The second kappa shape index (κ2) is 4.41. The molecule has 0 atom stereocenters. The van der Waals surface area contributed by atoms with Gasteiger partial charge in [0.05, 0.1) is 22.4 Å². The van der Waals surface area contributed by atoms with Gasteiger partial charge in [-0.1, -0.05) is 0 Å². The SMILES string of the molecule is O=C1c2ccncc2C(=O)N1c1ccc(C(F)(F)F)cc1. The highest BCUT2D eigenvalue weighted by Gasteiger charge is 2.37. The van der Waals surface area contributed by atoms with Crippen molar-refractivity contribution < 1.29 is 22.8 Å². The number of amides is 2. The van der Waals surface area contributed by atoms with Crippen LogP contribution in [-0.4, -0.2) is 16.8 Å². The molecular formula is C14H7F3N2O2. The first-order valence-corrected chi connectivity index (χ1v) is 5.89. The van der Waals surface area contributed by atoms with Crippen molar-refractivity contribution in [2.24, 2.45) is 0 Å². The minimum atomic E-state index is -4.47. The number of imide groups is 1. The second-order valence-electron chi connectivity index (χ2n) is 4.41. The molecule has 7 heteroatoms. The molecule has 0 spiro atoms. The second-order valence-corrected chi connectivity index (χ2v) is 4.41. The third kappa shape index (κ3) is 2.06. The van der Waals surface area contributed by atoms with Gasteiger partial charge in [0.2, 0.25) is 0 Å². The van der Waals surface area contributed by atoms with Gasteiger partial charge in [-0.3, -0.25) is 14.6 Å². The molecule has 0 N–H and O–H groups in total. The Kier molecular flexibility index (Phi) is 2.79. The van der Waals surface area contributed by atoms with Crippen molar-refractivity contribution >= 4 is 17.5 Å². The molecule has 3 rings (SSSR count). The maximum atomic E-state index is 12.5. The predicted molar refractivity (Wildman–Crippen MR) is 66.8 cm³/mol. The fourth-order valence-corrected chi connectivity index (χ4v) is 2.12. The van der Waals surface area contributed by atoms with E-state index in [1.54, 1.807) is 0 Å². The van der Waals surface area contributed by atoms with Crippen LogP contribution >= 0.6 is 0 Å². The first kappa shape index (κ1) is 13.3. The van der Waals surface area contributed by atoms with Crippen LogP contribution in [0.1, 0.15) is 26.3 Å². The lowest BCUT2D eigenvalue weighted by atomic mass is 10.2. The van der Waals surface area contributed by atoms with Gasteiger partial charge < -0.3 is 0 Å². The summed E-state index contributed by atoms with van der Waals surface area (Å²) in [6.07, 6.45) is -1.83. The zero-order valence-corrected chi connectivity index (χ0v) is 10.4. The van der Waals surface area contributed by atoms with E-state index in [0.29, 0.717) is 0 Å². The lowest BCUT2D eigenvalue weighted by molar-refractivity contribution is -0.137. The maximum absolute atomic E-state index is 12.5. The van der Waals surface area contributed by atoms with E-state index < -0.39 is 23.6 Å².